The van der Waals surface area contributed by atoms with Gasteiger partial charge in [-0.25, -0.2) is 0 Å². The quantitative estimate of drug-likeness (QED) is 0.798. The van der Waals surface area contributed by atoms with Crippen molar-refractivity contribution in [2.75, 3.05) is 33.2 Å². The second kappa shape index (κ2) is 6.08. The van der Waals surface area contributed by atoms with E-state index in [1.165, 1.54) is 0 Å². The lowest BCUT2D eigenvalue weighted by molar-refractivity contribution is 0.0757. The Labute approximate surface area is 118 Å². The minimum absolute atomic E-state index is 0.0233. The molecule has 19 heavy (non-hydrogen) atoms. The summed E-state index contributed by atoms with van der Waals surface area (Å²) in [7, 11) is 2.07. The van der Waals surface area contributed by atoms with E-state index in [0.29, 0.717) is 16.2 Å². The summed E-state index contributed by atoms with van der Waals surface area (Å²) in [6.45, 7) is 3.45. The van der Waals surface area contributed by atoms with Gasteiger partial charge in [0.2, 0.25) is 0 Å². The molecule has 0 aliphatic carbocycles. The topological polar surface area (TPSA) is 62.5 Å². The van der Waals surface area contributed by atoms with Crippen molar-refractivity contribution in [1.29, 1.82) is 0 Å². The maximum Gasteiger partial charge on any atom is 0.272 e. The highest BCUT2D eigenvalue weighted by Gasteiger charge is 2.19. The van der Waals surface area contributed by atoms with Gasteiger partial charge >= 0.3 is 0 Å². The molecule has 2 N–H and O–H groups in total. The van der Waals surface area contributed by atoms with Gasteiger partial charge in [0, 0.05) is 31.4 Å². The first-order valence-electron chi connectivity index (χ1n) is 6.31. The number of amides is 1. The zero-order valence-corrected chi connectivity index (χ0v) is 11.8. The molecule has 5 nitrogen and oxygen atoms in total. The van der Waals surface area contributed by atoms with Crippen molar-refractivity contribution < 1.29 is 4.79 Å². The van der Waals surface area contributed by atoms with Gasteiger partial charge in [0.25, 0.3) is 5.91 Å². The molecule has 1 amide bonds. The van der Waals surface area contributed by atoms with Crippen LogP contribution in [0.1, 0.15) is 22.5 Å². The van der Waals surface area contributed by atoms with Crippen LogP contribution in [0, 0.1) is 0 Å². The van der Waals surface area contributed by atoms with Crippen molar-refractivity contribution in [1.82, 2.24) is 14.8 Å². The smallest absolute Gasteiger partial charge is 0.272 e. The largest absolute Gasteiger partial charge is 0.389 e. The fraction of sp³-hybridized carbons (Fsp3) is 0.462. The van der Waals surface area contributed by atoms with Gasteiger partial charge in [-0.2, -0.15) is 0 Å². The zero-order chi connectivity index (χ0) is 13.8. The summed E-state index contributed by atoms with van der Waals surface area (Å²) in [5, 5.41) is 0. The number of hydrogen-bond acceptors (Lipinski definition) is 4. The number of nitrogens with zero attached hydrogens (tertiary/aromatic N) is 3. The Bertz CT molecular complexity index is 474. The predicted molar refractivity (Wildman–Crippen MR) is 78.1 cm³/mol. The molecule has 0 radical (unpaired) electrons. The number of thiocarbonyl (C=S) groups is 1. The molecule has 1 fully saturated rings. The normalized spacial score (nSPS) is 17.0. The van der Waals surface area contributed by atoms with Crippen LogP contribution in [0.2, 0.25) is 0 Å². The van der Waals surface area contributed by atoms with Crippen LogP contribution in [-0.4, -0.2) is 58.9 Å². The minimum Gasteiger partial charge on any atom is -0.389 e. The first-order chi connectivity index (χ1) is 9.08. The molecular formula is C13H18N4OS. The van der Waals surface area contributed by atoms with Crippen LogP contribution >= 0.6 is 12.2 Å². The maximum absolute atomic E-state index is 12.3. The van der Waals surface area contributed by atoms with Crippen molar-refractivity contribution in [3.8, 4) is 0 Å². The Morgan fingerprint density at radius 1 is 1.32 bits per heavy atom. The monoisotopic (exact) mass is 278 g/mol. The second-order valence-corrected chi connectivity index (χ2v) is 5.19. The number of nitrogens with two attached hydrogens (primary N) is 1. The first-order valence-corrected chi connectivity index (χ1v) is 6.72. The summed E-state index contributed by atoms with van der Waals surface area (Å²) in [6, 6.07) is 3.43. The van der Waals surface area contributed by atoms with E-state index in [1.54, 1.807) is 18.3 Å². The molecule has 1 aromatic rings. The third-order valence-corrected chi connectivity index (χ3v) is 3.51. The van der Waals surface area contributed by atoms with Gasteiger partial charge in [-0.3, -0.25) is 9.78 Å². The molecule has 102 valence electrons. The molecule has 0 spiro atoms. The van der Waals surface area contributed by atoms with E-state index < -0.39 is 0 Å². The van der Waals surface area contributed by atoms with E-state index in [9.17, 15) is 4.79 Å². The summed E-state index contributed by atoms with van der Waals surface area (Å²) in [6.07, 6.45) is 2.55. The van der Waals surface area contributed by atoms with Crippen molar-refractivity contribution in [3.63, 3.8) is 0 Å². The molecule has 0 saturated carbocycles. The van der Waals surface area contributed by atoms with Gasteiger partial charge in [-0.05, 0) is 32.1 Å². The highest BCUT2D eigenvalue weighted by Crippen LogP contribution is 2.08. The number of aromatic nitrogens is 1. The van der Waals surface area contributed by atoms with E-state index in [2.05, 4.69) is 16.9 Å². The van der Waals surface area contributed by atoms with E-state index in [4.69, 9.17) is 18.0 Å². The van der Waals surface area contributed by atoms with E-state index in [1.807, 2.05) is 4.90 Å². The van der Waals surface area contributed by atoms with Crippen LogP contribution < -0.4 is 5.73 Å². The van der Waals surface area contributed by atoms with Crippen molar-refractivity contribution in [3.05, 3.63) is 29.6 Å². The van der Waals surface area contributed by atoms with Crippen molar-refractivity contribution >= 4 is 23.1 Å². The third-order valence-electron chi connectivity index (χ3n) is 3.27. The molecule has 1 aromatic heterocycles. The lowest BCUT2D eigenvalue weighted by Gasteiger charge is -2.20. The van der Waals surface area contributed by atoms with Gasteiger partial charge in [0.05, 0.1) is 0 Å². The summed E-state index contributed by atoms with van der Waals surface area (Å²) >= 11 is 4.86. The molecule has 0 atom stereocenters. The van der Waals surface area contributed by atoms with Gasteiger partial charge in [0.15, 0.2) is 0 Å². The number of hydrogen-bond donors (Lipinski definition) is 1. The summed E-state index contributed by atoms with van der Waals surface area (Å²) < 4.78 is 0. The van der Waals surface area contributed by atoms with Crippen LogP contribution in [0.3, 0.4) is 0 Å². The Kier molecular flexibility index (Phi) is 4.44. The number of likely N-dealkylation sites (N-methyl/N-ethyl adjacent to an activating group) is 1. The van der Waals surface area contributed by atoms with Gasteiger partial charge < -0.3 is 15.5 Å². The standard InChI is InChI=1S/C13H18N4OS/c1-16-5-2-6-17(8-7-16)13(18)11-4-3-10(9-15-11)12(14)19/h3-4,9H,2,5-8H2,1H3,(H2,14,19). The van der Waals surface area contributed by atoms with Crippen LogP contribution in [-0.2, 0) is 0 Å². The highest BCUT2D eigenvalue weighted by atomic mass is 32.1. The lowest BCUT2D eigenvalue weighted by Crippen LogP contribution is -2.35. The van der Waals surface area contributed by atoms with Gasteiger partial charge in [0.1, 0.15) is 10.7 Å². The molecular weight excluding hydrogens is 260 g/mol. The fourth-order valence-corrected chi connectivity index (χ4v) is 2.20. The molecule has 0 aromatic carbocycles. The SMILES string of the molecule is CN1CCCN(C(=O)c2ccc(C(N)=S)cn2)CC1. The van der Waals surface area contributed by atoms with E-state index >= 15 is 0 Å². The van der Waals surface area contributed by atoms with Crippen LogP contribution in [0.25, 0.3) is 0 Å². The number of rotatable bonds is 2. The molecule has 2 rings (SSSR count). The van der Waals surface area contributed by atoms with Crippen molar-refractivity contribution in [2.45, 2.75) is 6.42 Å². The molecule has 1 saturated heterocycles. The van der Waals surface area contributed by atoms with Gasteiger partial charge in [-0.15, -0.1) is 0 Å². The Hall–Kier alpha value is -1.53. The summed E-state index contributed by atoms with van der Waals surface area (Å²) in [5.41, 5.74) is 6.64. The maximum atomic E-state index is 12.3. The molecule has 1 aliphatic heterocycles. The summed E-state index contributed by atoms with van der Waals surface area (Å²) in [5.74, 6) is -0.0233. The average Bonchev–Trinajstić information content (AvgIpc) is 2.63. The molecule has 1 aliphatic rings. The fourth-order valence-electron chi connectivity index (χ4n) is 2.08. The number of carbonyl (C=O) groups excluding carboxylic acids is 1. The Morgan fingerprint density at radius 3 is 2.74 bits per heavy atom. The zero-order valence-electron chi connectivity index (χ0n) is 11.0. The van der Waals surface area contributed by atoms with Crippen LogP contribution in [0.15, 0.2) is 18.3 Å². The molecule has 2 heterocycles. The molecule has 0 bridgehead atoms. The van der Waals surface area contributed by atoms with Crippen molar-refractivity contribution in [2.24, 2.45) is 5.73 Å². The highest BCUT2D eigenvalue weighted by molar-refractivity contribution is 7.80. The lowest BCUT2D eigenvalue weighted by atomic mass is 10.2. The van der Waals surface area contributed by atoms with Crippen LogP contribution in [0.4, 0.5) is 0 Å². The molecule has 6 heteroatoms. The first kappa shape index (κ1) is 13.9. The van der Waals surface area contributed by atoms with Gasteiger partial charge in [-0.1, -0.05) is 12.2 Å². The number of pyridine rings is 1. The third kappa shape index (κ3) is 3.48. The van der Waals surface area contributed by atoms with E-state index in [-0.39, 0.29) is 5.91 Å². The number of carbonyl (C=O) groups is 1. The summed E-state index contributed by atoms with van der Waals surface area (Å²) in [4.78, 5) is 20.9. The Balaban J connectivity index is 2.08. The molecule has 0 unspecified atom stereocenters. The minimum atomic E-state index is -0.0233. The average molecular weight is 278 g/mol. The Morgan fingerprint density at radius 2 is 2.11 bits per heavy atom. The second-order valence-electron chi connectivity index (χ2n) is 4.75. The predicted octanol–water partition coefficient (Wildman–Crippen LogP) is 0.493. The van der Waals surface area contributed by atoms with Crippen LogP contribution in [0.5, 0.6) is 0 Å². The van der Waals surface area contributed by atoms with E-state index in [0.717, 1.165) is 32.6 Å².